The van der Waals surface area contributed by atoms with Crippen LogP contribution in [0.4, 0.5) is 5.95 Å². The van der Waals surface area contributed by atoms with Crippen molar-refractivity contribution in [3.63, 3.8) is 0 Å². The van der Waals surface area contributed by atoms with Gasteiger partial charge in [0.2, 0.25) is 5.95 Å². The third-order valence-corrected chi connectivity index (χ3v) is 3.61. The van der Waals surface area contributed by atoms with E-state index in [1.54, 1.807) is 7.05 Å². The summed E-state index contributed by atoms with van der Waals surface area (Å²) < 4.78 is 2.41. The van der Waals surface area contributed by atoms with E-state index in [1.807, 2.05) is 0 Å². The highest BCUT2D eigenvalue weighted by Crippen LogP contribution is 2.21. The van der Waals surface area contributed by atoms with Crippen molar-refractivity contribution in [2.45, 2.75) is 24.9 Å². The summed E-state index contributed by atoms with van der Waals surface area (Å²) in [6, 6.07) is 0.510. The van der Waals surface area contributed by atoms with Crippen molar-refractivity contribution < 1.29 is 0 Å². The van der Waals surface area contributed by atoms with Gasteiger partial charge in [0.15, 0.2) is 11.2 Å². The summed E-state index contributed by atoms with van der Waals surface area (Å²) in [5, 5.41) is 3.18. The fraction of sp³-hybridized carbons (Fsp3) is 0.545. The predicted molar refractivity (Wildman–Crippen MR) is 71.2 cm³/mol. The SMILES string of the molecule is Cn1c(=O)c2[nH]c(NC3CC(N)C3)nc2n(C)c1=O. The zero-order valence-electron chi connectivity index (χ0n) is 10.8. The number of fused-ring (bicyclic) bond motifs is 1. The minimum atomic E-state index is -0.388. The summed E-state index contributed by atoms with van der Waals surface area (Å²) in [6.07, 6.45) is 1.77. The molecule has 0 amide bonds. The van der Waals surface area contributed by atoms with Gasteiger partial charge in [-0.15, -0.1) is 0 Å². The number of imidazole rings is 1. The second-order valence-electron chi connectivity index (χ2n) is 5.06. The van der Waals surface area contributed by atoms with Crippen LogP contribution in [0.25, 0.3) is 11.2 Å². The summed E-state index contributed by atoms with van der Waals surface area (Å²) in [5.41, 5.74) is 5.65. The highest BCUT2D eigenvalue weighted by atomic mass is 16.2. The first kappa shape index (κ1) is 12.0. The Hall–Kier alpha value is -2.09. The van der Waals surface area contributed by atoms with Gasteiger partial charge >= 0.3 is 5.69 Å². The highest BCUT2D eigenvalue weighted by molar-refractivity contribution is 5.72. The molecule has 1 aliphatic rings. The summed E-state index contributed by atoms with van der Waals surface area (Å²) in [5.74, 6) is 0.505. The number of nitrogens with one attached hydrogen (secondary N) is 2. The topological polar surface area (TPSA) is 111 Å². The number of nitrogens with zero attached hydrogens (tertiary/aromatic N) is 3. The first-order valence-electron chi connectivity index (χ1n) is 6.15. The average Bonchev–Trinajstić information content (AvgIpc) is 2.76. The summed E-state index contributed by atoms with van der Waals surface area (Å²) in [4.78, 5) is 30.9. The van der Waals surface area contributed by atoms with Crippen molar-refractivity contribution in [1.82, 2.24) is 19.1 Å². The van der Waals surface area contributed by atoms with Crippen LogP contribution in [0.2, 0.25) is 0 Å². The van der Waals surface area contributed by atoms with E-state index in [-0.39, 0.29) is 23.3 Å². The van der Waals surface area contributed by atoms with Gasteiger partial charge in [-0.25, -0.2) is 4.79 Å². The van der Waals surface area contributed by atoms with Crippen molar-refractivity contribution in [2.75, 3.05) is 5.32 Å². The van der Waals surface area contributed by atoms with Crippen LogP contribution in [0.3, 0.4) is 0 Å². The fourth-order valence-corrected chi connectivity index (χ4v) is 2.37. The van der Waals surface area contributed by atoms with Gasteiger partial charge in [-0.1, -0.05) is 0 Å². The van der Waals surface area contributed by atoms with E-state index in [2.05, 4.69) is 15.3 Å². The second kappa shape index (κ2) is 3.95. The zero-order valence-corrected chi connectivity index (χ0v) is 10.8. The maximum Gasteiger partial charge on any atom is 0.332 e. The Morgan fingerprint density at radius 3 is 2.63 bits per heavy atom. The fourth-order valence-electron chi connectivity index (χ4n) is 2.37. The van der Waals surface area contributed by atoms with E-state index in [9.17, 15) is 9.59 Å². The van der Waals surface area contributed by atoms with E-state index < -0.39 is 0 Å². The number of aromatic nitrogens is 4. The lowest BCUT2D eigenvalue weighted by atomic mass is 9.88. The number of aryl methyl sites for hydroxylation is 1. The molecule has 8 nitrogen and oxygen atoms in total. The van der Waals surface area contributed by atoms with Crippen LogP contribution in [0.15, 0.2) is 9.59 Å². The molecule has 4 N–H and O–H groups in total. The molecule has 8 heteroatoms. The Bertz CT molecular complexity index is 749. The Balaban J connectivity index is 2.06. The molecule has 0 aliphatic heterocycles. The van der Waals surface area contributed by atoms with Crippen LogP contribution in [0, 0.1) is 0 Å². The van der Waals surface area contributed by atoms with E-state index >= 15 is 0 Å². The van der Waals surface area contributed by atoms with E-state index in [4.69, 9.17) is 5.73 Å². The standard InChI is InChI=1S/C11H16N6O2/c1-16-8-7(9(18)17(2)11(16)19)14-10(15-8)13-6-3-5(12)4-6/h5-6H,3-4,12H2,1-2H3,(H2,13,14,15). The van der Waals surface area contributed by atoms with Gasteiger partial charge in [-0.05, 0) is 12.8 Å². The number of hydrogen-bond donors (Lipinski definition) is 3. The molecule has 0 spiro atoms. The van der Waals surface area contributed by atoms with Crippen molar-refractivity contribution in [2.24, 2.45) is 19.8 Å². The molecule has 3 rings (SSSR count). The van der Waals surface area contributed by atoms with Crippen LogP contribution < -0.4 is 22.3 Å². The van der Waals surface area contributed by atoms with Crippen molar-refractivity contribution >= 4 is 17.1 Å². The van der Waals surface area contributed by atoms with Crippen molar-refractivity contribution in [3.8, 4) is 0 Å². The van der Waals surface area contributed by atoms with E-state index in [1.165, 1.54) is 11.6 Å². The molecule has 1 saturated carbocycles. The van der Waals surface area contributed by atoms with Gasteiger partial charge in [0.1, 0.15) is 0 Å². The maximum atomic E-state index is 12.0. The van der Waals surface area contributed by atoms with Crippen molar-refractivity contribution in [3.05, 3.63) is 20.8 Å². The molecule has 0 atom stereocenters. The molecule has 2 aromatic rings. The van der Waals surface area contributed by atoms with Gasteiger partial charge in [0.05, 0.1) is 0 Å². The summed E-state index contributed by atoms with van der Waals surface area (Å²) >= 11 is 0. The Morgan fingerprint density at radius 2 is 2.00 bits per heavy atom. The molecule has 1 fully saturated rings. The maximum absolute atomic E-state index is 12.0. The number of anilines is 1. The normalized spacial score (nSPS) is 22.5. The molecule has 0 saturated heterocycles. The molecule has 1 aliphatic carbocycles. The lowest BCUT2D eigenvalue weighted by molar-refractivity contribution is 0.372. The van der Waals surface area contributed by atoms with Crippen LogP contribution in [-0.2, 0) is 14.1 Å². The number of nitrogens with two attached hydrogens (primary N) is 1. The summed E-state index contributed by atoms with van der Waals surface area (Å²) in [7, 11) is 3.04. The van der Waals surface area contributed by atoms with Gasteiger partial charge < -0.3 is 16.0 Å². The molecule has 0 bridgehead atoms. The largest absolute Gasteiger partial charge is 0.353 e. The molecular weight excluding hydrogens is 248 g/mol. The molecule has 0 aromatic carbocycles. The molecule has 2 aromatic heterocycles. The van der Waals surface area contributed by atoms with E-state index in [0.717, 1.165) is 17.4 Å². The Labute approximate surface area is 108 Å². The third-order valence-electron chi connectivity index (χ3n) is 3.61. The molecular formula is C11H16N6O2. The van der Waals surface area contributed by atoms with Crippen LogP contribution >= 0.6 is 0 Å². The summed E-state index contributed by atoms with van der Waals surface area (Å²) in [6.45, 7) is 0. The average molecular weight is 264 g/mol. The number of H-pyrrole nitrogens is 1. The highest BCUT2D eigenvalue weighted by Gasteiger charge is 2.26. The minimum Gasteiger partial charge on any atom is -0.353 e. The second-order valence-corrected chi connectivity index (χ2v) is 5.06. The zero-order chi connectivity index (χ0) is 13.7. The quantitative estimate of drug-likeness (QED) is 0.635. The smallest absolute Gasteiger partial charge is 0.332 e. The lowest BCUT2D eigenvalue weighted by Crippen LogP contribution is -2.44. The van der Waals surface area contributed by atoms with Crippen molar-refractivity contribution in [1.29, 1.82) is 0 Å². The van der Waals surface area contributed by atoms with Crippen LogP contribution in [-0.4, -0.2) is 31.2 Å². The number of aromatic amines is 1. The minimum absolute atomic E-state index is 0.235. The third kappa shape index (κ3) is 1.75. The lowest BCUT2D eigenvalue weighted by Gasteiger charge is -2.32. The number of hydrogen-bond acceptors (Lipinski definition) is 5. The van der Waals surface area contributed by atoms with Gasteiger partial charge in [0.25, 0.3) is 5.56 Å². The van der Waals surface area contributed by atoms with Gasteiger partial charge in [-0.2, -0.15) is 4.98 Å². The molecule has 102 valence electrons. The predicted octanol–water partition coefficient (Wildman–Crippen LogP) is -1.14. The van der Waals surface area contributed by atoms with Crippen LogP contribution in [0.5, 0.6) is 0 Å². The first-order valence-corrected chi connectivity index (χ1v) is 6.15. The van der Waals surface area contributed by atoms with Gasteiger partial charge in [-0.3, -0.25) is 13.9 Å². The van der Waals surface area contributed by atoms with Crippen LogP contribution in [0.1, 0.15) is 12.8 Å². The molecule has 19 heavy (non-hydrogen) atoms. The van der Waals surface area contributed by atoms with E-state index in [0.29, 0.717) is 17.1 Å². The van der Waals surface area contributed by atoms with Gasteiger partial charge in [0, 0.05) is 26.2 Å². The molecule has 0 unspecified atom stereocenters. The monoisotopic (exact) mass is 264 g/mol. The number of rotatable bonds is 2. The Kier molecular flexibility index (Phi) is 2.49. The molecule has 0 radical (unpaired) electrons. The molecule has 2 heterocycles. The first-order chi connectivity index (χ1) is 8.97. The Morgan fingerprint density at radius 1 is 1.32 bits per heavy atom.